The number of hydrogen-bond acceptors (Lipinski definition) is 3. The summed E-state index contributed by atoms with van der Waals surface area (Å²) in [6.45, 7) is 4.70. The number of nitrogens with zero attached hydrogens (tertiary/aromatic N) is 1. The molecule has 5 heteroatoms. The average molecular weight is 388 g/mol. The summed E-state index contributed by atoms with van der Waals surface area (Å²) in [5, 5.41) is 9.28. The highest BCUT2D eigenvalue weighted by atomic mass is 16.5. The Kier molecular flexibility index (Phi) is 6.63. The summed E-state index contributed by atoms with van der Waals surface area (Å²) in [7, 11) is 0. The molecule has 1 aliphatic heterocycles. The van der Waals surface area contributed by atoms with Crippen LogP contribution < -0.4 is 4.74 Å². The maximum Gasteiger partial charge on any atom is 0.347 e. The number of ether oxygens (including phenoxy) is 1. The highest BCUT2D eigenvalue weighted by Gasteiger charge is 2.30. The molecule has 1 unspecified atom stereocenters. The third-order valence-electron chi connectivity index (χ3n) is 6.18. The molecule has 1 aromatic rings. The Bertz CT molecular complexity index is 694. The van der Waals surface area contributed by atoms with Gasteiger partial charge in [0.25, 0.3) is 0 Å². The predicted octanol–water partition coefficient (Wildman–Crippen LogP) is 4.61. The maximum atomic E-state index is 12.8. The van der Waals surface area contributed by atoms with E-state index in [1.807, 2.05) is 17.0 Å². The summed E-state index contributed by atoms with van der Waals surface area (Å²) in [5.74, 6) is 0.721. The van der Waals surface area contributed by atoms with Crippen molar-refractivity contribution < 1.29 is 19.4 Å². The molecule has 0 radical (unpaired) electrons. The van der Waals surface area contributed by atoms with Crippen molar-refractivity contribution in [2.75, 3.05) is 13.1 Å². The van der Waals surface area contributed by atoms with Gasteiger partial charge in [-0.25, -0.2) is 4.79 Å². The second-order valence-electron chi connectivity index (χ2n) is 8.88. The first kappa shape index (κ1) is 20.7. The highest BCUT2D eigenvalue weighted by molar-refractivity contribution is 5.77. The fourth-order valence-electron chi connectivity index (χ4n) is 4.41. The van der Waals surface area contributed by atoms with Crippen molar-refractivity contribution in [1.29, 1.82) is 0 Å². The van der Waals surface area contributed by atoms with E-state index in [1.165, 1.54) is 32.1 Å². The molecule has 3 rings (SSSR count). The minimum Gasteiger partial charge on any atom is -0.478 e. The van der Waals surface area contributed by atoms with E-state index in [-0.39, 0.29) is 5.92 Å². The van der Waals surface area contributed by atoms with E-state index in [1.54, 1.807) is 19.9 Å². The van der Waals surface area contributed by atoms with Gasteiger partial charge in [0, 0.05) is 25.4 Å². The number of carboxylic acid groups (broad SMARTS) is 1. The Morgan fingerprint density at radius 2 is 1.89 bits per heavy atom. The molecule has 0 bridgehead atoms. The van der Waals surface area contributed by atoms with Crippen LogP contribution in [0.1, 0.15) is 76.7 Å². The summed E-state index contributed by atoms with van der Waals surface area (Å²) in [6, 6.07) is 7.69. The first-order chi connectivity index (χ1) is 13.3. The number of aliphatic carboxylic acids is 1. The van der Waals surface area contributed by atoms with Crippen LogP contribution in [0, 0.1) is 5.92 Å². The Balaban J connectivity index is 1.62. The minimum absolute atomic E-state index is 0.278. The summed E-state index contributed by atoms with van der Waals surface area (Å²) >= 11 is 0. The zero-order valence-electron chi connectivity index (χ0n) is 17.2. The van der Waals surface area contributed by atoms with Gasteiger partial charge in [0.2, 0.25) is 5.91 Å². The molecule has 1 saturated carbocycles. The van der Waals surface area contributed by atoms with Crippen LogP contribution in [0.5, 0.6) is 5.75 Å². The van der Waals surface area contributed by atoms with Crippen molar-refractivity contribution in [2.24, 2.45) is 5.92 Å². The predicted molar refractivity (Wildman–Crippen MR) is 109 cm³/mol. The number of hydrogen-bond donors (Lipinski definition) is 1. The molecule has 2 fully saturated rings. The van der Waals surface area contributed by atoms with Gasteiger partial charge in [0.15, 0.2) is 5.60 Å². The van der Waals surface area contributed by atoms with E-state index in [2.05, 4.69) is 6.07 Å². The van der Waals surface area contributed by atoms with Gasteiger partial charge >= 0.3 is 5.97 Å². The first-order valence-electron chi connectivity index (χ1n) is 10.7. The molecule has 1 saturated heterocycles. The van der Waals surface area contributed by atoms with Crippen molar-refractivity contribution >= 4 is 11.9 Å². The third kappa shape index (κ3) is 5.27. The second-order valence-corrected chi connectivity index (χ2v) is 8.88. The lowest BCUT2D eigenvalue weighted by Crippen LogP contribution is -2.40. The Hall–Kier alpha value is -2.04. The molecular formula is C23H33NO4. The van der Waals surface area contributed by atoms with Crippen LogP contribution in [0.3, 0.4) is 0 Å². The van der Waals surface area contributed by atoms with Gasteiger partial charge in [-0.3, -0.25) is 4.79 Å². The van der Waals surface area contributed by atoms with E-state index >= 15 is 0 Å². The molecule has 1 N–H and O–H groups in total. The zero-order valence-corrected chi connectivity index (χ0v) is 17.2. The van der Waals surface area contributed by atoms with E-state index in [9.17, 15) is 14.7 Å². The second kappa shape index (κ2) is 8.97. The molecule has 0 spiro atoms. The number of piperidine rings is 1. The van der Waals surface area contributed by atoms with Gasteiger partial charge in [0.05, 0.1) is 0 Å². The van der Waals surface area contributed by atoms with Gasteiger partial charge in [0.1, 0.15) is 5.75 Å². The fourth-order valence-corrected chi connectivity index (χ4v) is 4.41. The third-order valence-corrected chi connectivity index (χ3v) is 6.18. The summed E-state index contributed by atoms with van der Waals surface area (Å²) < 4.78 is 5.69. The molecule has 2 aliphatic rings. The standard InChI is InChI=1S/C23H33NO4/c1-23(2,22(26)27)28-20-12-6-10-18(15-20)19-11-7-13-24(16-19)21(25)14-17-8-4-3-5-9-17/h6,10,12,15,17,19H,3-5,7-9,11,13-14,16H2,1-2H3,(H,26,27). The van der Waals surface area contributed by atoms with Crippen molar-refractivity contribution in [3.63, 3.8) is 0 Å². The Morgan fingerprint density at radius 3 is 2.61 bits per heavy atom. The number of carbonyl (C=O) groups excluding carboxylic acids is 1. The molecule has 1 atom stereocenters. The van der Waals surface area contributed by atoms with Crippen molar-refractivity contribution in [2.45, 2.75) is 76.7 Å². The van der Waals surface area contributed by atoms with E-state index in [4.69, 9.17) is 4.74 Å². The summed E-state index contributed by atoms with van der Waals surface area (Å²) in [4.78, 5) is 26.2. The molecule has 1 heterocycles. The minimum atomic E-state index is -1.27. The smallest absolute Gasteiger partial charge is 0.347 e. The fraction of sp³-hybridized carbons (Fsp3) is 0.652. The van der Waals surface area contributed by atoms with Gasteiger partial charge in [-0.2, -0.15) is 0 Å². The number of likely N-dealkylation sites (tertiary alicyclic amines) is 1. The molecule has 1 aromatic carbocycles. The van der Waals surface area contributed by atoms with Crippen LogP contribution in [-0.4, -0.2) is 40.6 Å². The number of carbonyl (C=O) groups is 2. The molecule has 0 aromatic heterocycles. The lowest BCUT2D eigenvalue weighted by atomic mass is 9.86. The lowest BCUT2D eigenvalue weighted by molar-refractivity contribution is -0.152. The van der Waals surface area contributed by atoms with E-state index in [0.717, 1.165) is 31.5 Å². The van der Waals surface area contributed by atoms with Crippen LogP contribution in [0.4, 0.5) is 0 Å². The first-order valence-corrected chi connectivity index (χ1v) is 10.7. The van der Waals surface area contributed by atoms with Crippen molar-refractivity contribution in [3.05, 3.63) is 29.8 Å². The van der Waals surface area contributed by atoms with Gasteiger partial charge in [-0.15, -0.1) is 0 Å². The van der Waals surface area contributed by atoms with Crippen LogP contribution in [-0.2, 0) is 9.59 Å². The van der Waals surface area contributed by atoms with E-state index in [0.29, 0.717) is 24.0 Å². The van der Waals surface area contributed by atoms with Gasteiger partial charge in [-0.05, 0) is 63.1 Å². The quantitative estimate of drug-likeness (QED) is 0.774. The monoisotopic (exact) mass is 387 g/mol. The molecule has 1 amide bonds. The van der Waals surface area contributed by atoms with Gasteiger partial charge < -0.3 is 14.7 Å². The average Bonchev–Trinajstić information content (AvgIpc) is 2.68. The zero-order chi connectivity index (χ0) is 20.1. The van der Waals surface area contributed by atoms with Crippen molar-refractivity contribution in [1.82, 2.24) is 4.90 Å². The Morgan fingerprint density at radius 1 is 1.14 bits per heavy atom. The Labute approximate surface area is 168 Å². The summed E-state index contributed by atoms with van der Waals surface area (Å²) in [6.07, 6.45) is 8.98. The SMILES string of the molecule is CC(C)(Oc1cccc(C2CCCN(C(=O)CC3CCCCC3)C2)c1)C(=O)O. The molecular weight excluding hydrogens is 354 g/mol. The summed E-state index contributed by atoms with van der Waals surface area (Å²) in [5.41, 5.74) is -0.151. The number of amides is 1. The van der Waals surface area contributed by atoms with Crippen LogP contribution in [0.25, 0.3) is 0 Å². The number of rotatable bonds is 6. The van der Waals surface area contributed by atoms with E-state index < -0.39 is 11.6 Å². The van der Waals surface area contributed by atoms with Gasteiger partial charge in [-0.1, -0.05) is 31.4 Å². The van der Waals surface area contributed by atoms with Crippen LogP contribution >= 0.6 is 0 Å². The lowest BCUT2D eigenvalue weighted by Gasteiger charge is -2.34. The maximum absolute atomic E-state index is 12.8. The number of carboxylic acids is 1. The molecule has 5 nitrogen and oxygen atoms in total. The van der Waals surface area contributed by atoms with Crippen molar-refractivity contribution in [3.8, 4) is 5.75 Å². The molecule has 154 valence electrons. The molecule has 28 heavy (non-hydrogen) atoms. The largest absolute Gasteiger partial charge is 0.478 e. The van der Waals surface area contributed by atoms with Crippen LogP contribution in [0.15, 0.2) is 24.3 Å². The number of benzene rings is 1. The highest BCUT2D eigenvalue weighted by Crippen LogP contribution is 2.32. The topological polar surface area (TPSA) is 66.8 Å². The van der Waals surface area contributed by atoms with Crippen LogP contribution in [0.2, 0.25) is 0 Å². The normalized spacial score (nSPS) is 21.4. The molecule has 1 aliphatic carbocycles.